The number of halogens is 2. The number of esters is 2. The Kier molecular flexibility index (Phi) is 7.16. The fraction of sp³-hybridized carbons (Fsp3) is 0.263. The molecule has 2 rings (SSSR count). The van der Waals surface area contributed by atoms with E-state index in [-0.39, 0.29) is 27.8 Å². The Balaban J connectivity index is 2.13. The van der Waals surface area contributed by atoms with Crippen LogP contribution < -0.4 is 5.32 Å². The maximum atomic E-state index is 13.6. The highest BCUT2D eigenvalue weighted by Gasteiger charge is 2.25. The summed E-state index contributed by atoms with van der Waals surface area (Å²) in [4.78, 5) is 48.2. The number of amides is 1. The SMILES string of the molecule is CCOC(=O)c1c(NC(=O)COC(=O)c2ccc(F)cc2F)sc(C(C)=O)c1C. The number of benzene rings is 1. The van der Waals surface area contributed by atoms with Gasteiger partial charge in [-0.15, -0.1) is 11.3 Å². The first kappa shape index (κ1) is 22.2. The zero-order chi connectivity index (χ0) is 21.7. The molecule has 29 heavy (non-hydrogen) atoms. The standard InChI is InChI=1S/C19H17F2NO6S/c1-4-27-19(26)15-9(2)16(10(3)23)29-17(15)22-14(24)8-28-18(25)12-6-5-11(20)7-13(12)21/h5-7H,4,8H2,1-3H3,(H,22,24). The third kappa shape index (κ3) is 5.23. The number of ether oxygens (including phenoxy) is 2. The molecule has 7 nitrogen and oxygen atoms in total. The van der Waals surface area contributed by atoms with E-state index in [4.69, 9.17) is 9.47 Å². The van der Waals surface area contributed by atoms with Gasteiger partial charge in [0.05, 0.1) is 22.6 Å². The summed E-state index contributed by atoms with van der Waals surface area (Å²) in [6, 6.07) is 2.29. The Hall–Kier alpha value is -3.14. The average Bonchev–Trinajstić information content (AvgIpc) is 2.96. The van der Waals surface area contributed by atoms with Crippen LogP contribution in [-0.2, 0) is 14.3 Å². The quantitative estimate of drug-likeness (QED) is 0.538. The lowest BCUT2D eigenvalue weighted by Crippen LogP contribution is -2.22. The monoisotopic (exact) mass is 425 g/mol. The van der Waals surface area contributed by atoms with Gasteiger partial charge in [-0.25, -0.2) is 18.4 Å². The number of anilines is 1. The Morgan fingerprint density at radius 2 is 1.79 bits per heavy atom. The van der Waals surface area contributed by atoms with Gasteiger partial charge in [-0.3, -0.25) is 9.59 Å². The highest BCUT2D eigenvalue weighted by atomic mass is 32.1. The second-order valence-corrected chi connectivity index (χ2v) is 6.81. The van der Waals surface area contributed by atoms with E-state index in [1.54, 1.807) is 13.8 Å². The van der Waals surface area contributed by atoms with Crippen LogP contribution in [-0.4, -0.2) is 36.8 Å². The molecule has 0 fully saturated rings. The van der Waals surface area contributed by atoms with Crippen molar-refractivity contribution in [2.24, 2.45) is 0 Å². The van der Waals surface area contributed by atoms with Crippen LogP contribution in [0.3, 0.4) is 0 Å². The number of carbonyl (C=O) groups excluding carboxylic acids is 4. The first-order valence-corrected chi connectivity index (χ1v) is 9.20. The molecule has 154 valence electrons. The molecule has 1 amide bonds. The smallest absolute Gasteiger partial charge is 0.341 e. The molecule has 1 N–H and O–H groups in total. The van der Waals surface area contributed by atoms with E-state index in [1.165, 1.54) is 6.92 Å². The Labute approximate surface area is 168 Å². The predicted octanol–water partition coefficient (Wildman–Crippen LogP) is 3.51. The second kappa shape index (κ2) is 9.37. The Bertz CT molecular complexity index is 985. The number of carbonyl (C=O) groups is 4. The third-order valence-electron chi connectivity index (χ3n) is 3.68. The molecule has 1 heterocycles. The van der Waals surface area contributed by atoms with Crippen LogP contribution >= 0.6 is 11.3 Å². The number of hydrogen-bond acceptors (Lipinski definition) is 7. The van der Waals surface area contributed by atoms with E-state index in [9.17, 15) is 28.0 Å². The van der Waals surface area contributed by atoms with Crippen LogP contribution in [0.15, 0.2) is 18.2 Å². The molecule has 1 aromatic carbocycles. The van der Waals surface area contributed by atoms with Gasteiger partial charge in [0.25, 0.3) is 5.91 Å². The van der Waals surface area contributed by atoms with Gasteiger partial charge < -0.3 is 14.8 Å². The number of ketones is 1. The fourth-order valence-electron chi connectivity index (χ4n) is 2.41. The Morgan fingerprint density at radius 3 is 2.38 bits per heavy atom. The normalized spacial score (nSPS) is 10.4. The first-order valence-electron chi connectivity index (χ1n) is 8.39. The second-order valence-electron chi connectivity index (χ2n) is 5.79. The van der Waals surface area contributed by atoms with Crippen molar-refractivity contribution in [3.8, 4) is 0 Å². The van der Waals surface area contributed by atoms with Crippen LogP contribution in [0.1, 0.15) is 49.8 Å². The minimum Gasteiger partial charge on any atom is -0.462 e. The van der Waals surface area contributed by atoms with Gasteiger partial charge in [-0.05, 0) is 38.5 Å². The van der Waals surface area contributed by atoms with Crippen molar-refractivity contribution in [1.29, 1.82) is 0 Å². The van der Waals surface area contributed by atoms with Crippen molar-refractivity contribution in [2.75, 3.05) is 18.5 Å². The van der Waals surface area contributed by atoms with E-state index in [0.717, 1.165) is 23.5 Å². The van der Waals surface area contributed by atoms with Crippen LogP contribution in [0, 0.1) is 18.6 Å². The summed E-state index contributed by atoms with van der Waals surface area (Å²) in [6.07, 6.45) is 0. The molecule has 0 bridgehead atoms. The fourth-order valence-corrected chi connectivity index (χ4v) is 3.52. The van der Waals surface area contributed by atoms with Crippen molar-refractivity contribution < 1.29 is 37.4 Å². The molecule has 0 saturated heterocycles. The van der Waals surface area contributed by atoms with E-state index < -0.39 is 41.7 Å². The lowest BCUT2D eigenvalue weighted by molar-refractivity contribution is -0.119. The van der Waals surface area contributed by atoms with E-state index >= 15 is 0 Å². The van der Waals surface area contributed by atoms with Gasteiger partial charge >= 0.3 is 11.9 Å². The molecule has 0 aliphatic heterocycles. The largest absolute Gasteiger partial charge is 0.462 e. The summed E-state index contributed by atoms with van der Waals surface area (Å²) in [6.45, 7) is 3.78. The van der Waals surface area contributed by atoms with Crippen LogP contribution in [0.2, 0.25) is 0 Å². The molecule has 0 atom stereocenters. The molecule has 10 heteroatoms. The van der Waals surface area contributed by atoms with Crippen molar-refractivity contribution in [2.45, 2.75) is 20.8 Å². The molecule has 0 aliphatic carbocycles. The van der Waals surface area contributed by atoms with Gasteiger partial charge in [-0.2, -0.15) is 0 Å². The Morgan fingerprint density at radius 1 is 1.10 bits per heavy atom. The van der Waals surface area contributed by atoms with Gasteiger partial charge in [0.2, 0.25) is 0 Å². The van der Waals surface area contributed by atoms with Crippen LogP contribution in [0.5, 0.6) is 0 Å². The number of Topliss-reactive ketones (excluding diaryl/α,β-unsaturated/α-hetero) is 1. The summed E-state index contributed by atoms with van der Waals surface area (Å²) < 4.78 is 36.2. The molecule has 1 aromatic heterocycles. The highest BCUT2D eigenvalue weighted by molar-refractivity contribution is 7.18. The maximum absolute atomic E-state index is 13.6. The summed E-state index contributed by atoms with van der Waals surface area (Å²) in [5.41, 5.74) is -0.134. The minimum atomic E-state index is -1.16. The molecule has 0 saturated carbocycles. The average molecular weight is 425 g/mol. The highest BCUT2D eigenvalue weighted by Crippen LogP contribution is 2.34. The summed E-state index contributed by atoms with van der Waals surface area (Å²) >= 11 is 0.887. The van der Waals surface area contributed by atoms with Gasteiger partial charge in [0, 0.05) is 6.07 Å². The van der Waals surface area contributed by atoms with E-state index in [2.05, 4.69) is 5.32 Å². The predicted molar refractivity (Wildman–Crippen MR) is 100 cm³/mol. The molecule has 0 radical (unpaired) electrons. The lowest BCUT2D eigenvalue weighted by Gasteiger charge is -2.08. The van der Waals surface area contributed by atoms with Crippen molar-refractivity contribution in [3.05, 3.63) is 51.4 Å². The summed E-state index contributed by atoms with van der Waals surface area (Å²) in [7, 11) is 0. The van der Waals surface area contributed by atoms with Gasteiger partial charge in [-0.1, -0.05) is 0 Å². The molecule has 0 spiro atoms. The van der Waals surface area contributed by atoms with Gasteiger partial charge in [0.15, 0.2) is 12.4 Å². The van der Waals surface area contributed by atoms with Crippen molar-refractivity contribution in [3.63, 3.8) is 0 Å². The lowest BCUT2D eigenvalue weighted by atomic mass is 10.1. The minimum absolute atomic E-state index is 0.0336. The first-order chi connectivity index (χ1) is 13.6. The number of rotatable bonds is 7. The van der Waals surface area contributed by atoms with Gasteiger partial charge in [0.1, 0.15) is 16.6 Å². The molecule has 0 unspecified atom stereocenters. The third-order valence-corrected chi connectivity index (χ3v) is 4.99. The number of nitrogens with one attached hydrogen (secondary N) is 1. The summed E-state index contributed by atoms with van der Waals surface area (Å²) in [5, 5.41) is 2.46. The summed E-state index contributed by atoms with van der Waals surface area (Å²) in [5.74, 6) is -4.97. The molecular formula is C19H17F2NO6S. The van der Waals surface area contributed by atoms with Crippen LogP contribution in [0.25, 0.3) is 0 Å². The number of thiophene rings is 1. The molecule has 0 aliphatic rings. The van der Waals surface area contributed by atoms with Crippen LogP contribution in [0.4, 0.5) is 13.8 Å². The molecule has 2 aromatic rings. The topological polar surface area (TPSA) is 98.8 Å². The van der Waals surface area contributed by atoms with E-state index in [1.807, 2.05) is 0 Å². The number of hydrogen-bond donors (Lipinski definition) is 1. The van der Waals surface area contributed by atoms with Crippen molar-refractivity contribution in [1.82, 2.24) is 0 Å². The zero-order valence-corrected chi connectivity index (χ0v) is 16.6. The maximum Gasteiger partial charge on any atom is 0.341 e. The van der Waals surface area contributed by atoms with E-state index in [0.29, 0.717) is 11.6 Å². The molecular weight excluding hydrogens is 408 g/mol. The zero-order valence-electron chi connectivity index (χ0n) is 15.8. The van der Waals surface area contributed by atoms with Crippen molar-refractivity contribution >= 4 is 40.0 Å².